The molecule has 3 N–H and O–H groups in total. The van der Waals surface area contributed by atoms with Crippen molar-refractivity contribution in [3.05, 3.63) is 58.3 Å². The molecule has 1 aliphatic rings. The minimum atomic E-state index is -0.267. The first-order chi connectivity index (χ1) is 13.5. The third-order valence-electron chi connectivity index (χ3n) is 5.05. The van der Waals surface area contributed by atoms with Gasteiger partial charge >= 0.3 is 6.03 Å². The Kier molecular flexibility index (Phi) is 5.44. The molecule has 1 fully saturated rings. The fourth-order valence-electron chi connectivity index (χ4n) is 3.64. The normalized spacial score (nSPS) is 20.2. The zero-order valence-electron chi connectivity index (χ0n) is 15.4. The van der Waals surface area contributed by atoms with Gasteiger partial charge in [-0.3, -0.25) is 4.90 Å². The van der Waals surface area contributed by atoms with Gasteiger partial charge in [-0.1, -0.05) is 35.3 Å². The number of nitrogens with one attached hydrogen (secondary N) is 3. The summed E-state index contributed by atoms with van der Waals surface area (Å²) in [7, 11) is 2.09. The van der Waals surface area contributed by atoms with E-state index in [0.29, 0.717) is 15.7 Å². The highest BCUT2D eigenvalue weighted by Gasteiger charge is 2.30. The first-order valence-electron chi connectivity index (χ1n) is 9.16. The van der Waals surface area contributed by atoms with E-state index in [1.54, 1.807) is 18.2 Å². The lowest BCUT2D eigenvalue weighted by molar-refractivity contribution is 0.153. The van der Waals surface area contributed by atoms with Crippen LogP contribution in [-0.2, 0) is 0 Å². The van der Waals surface area contributed by atoms with Crippen molar-refractivity contribution in [3.8, 4) is 0 Å². The molecule has 3 aromatic rings. The third kappa shape index (κ3) is 4.24. The number of aromatic amines is 1. The summed E-state index contributed by atoms with van der Waals surface area (Å²) in [5.74, 6) is 0.928. The van der Waals surface area contributed by atoms with Crippen LogP contribution in [0.25, 0.3) is 11.0 Å². The van der Waals surface area contributed by atoms with Crippen molar-refractivity contribution in [3.63, 3.8) is 0 Å². The number of hydrogen-bond donors (Lipinski definition) is 3. The number of likely N-dealkylation sites (tertiary alicyclic amines) is 1. The van der Waals surface area contributed by atoms with Gasteiger partial charge in [0.05, 0.1) is 17.1 Å². The number of imidazole rings is 1. The lowest BCUT2D eigenvalue weighted by atomic mass is 9.97. The molecular weight excluding hydrogens is 397 g/mol. The largest absolute Gasteiger partial charge is 0.341 e. The van der Waals surface area contributed by atoms with Crippen LogP contribution in [0.5, 0.6) is 0 Å². The van der Waals surface area contributed by atoms with Gasteiger partial charge in [-0.15, -0.1) is 0 Å². The van der Waals surface area contributed by atoms with Crippen LogP contribution in [0.2, 0.25) is 10.0 Å². The van der Waals surface area contributed by atoms with Crippen LogP contribution in [0, 0.1) is 0 Å². The molecule has 0 bridgehead atoms. The molecule has 2 aromatic carbocycles. The van der Waals surface area contributed by atoms with Gasteiger partial charge in [-0.2, -0.15) is 0 Å². The maximum Gasteiger partial charge on any atom is 0.319 e. The number of fused-ring (bicyclic) bond motifs is 1. The Hall–Kier alpha value is -2.28. The van der Waals surface area contributed by atoms with Crippen molar-refractivity contribution < 1.29 is 4.79 Å². The number of piperidine rings is 1. The number of amides is 2. The molecular formula is C20H21Cl2N5O. The predicted octanol–water partition coefficient (Wildman–Crippen LogP) is 4.83. The Morgan fingerprint density at radius 1 is 1.21 bits per heavy atom. The number of aromatic nitrogens is 2. The topological polar surface area (TPSA) is 73.1 Å². The number of nitrogens with zero attached hydrogens (tertiary/aromatic N) is 2. The number of benzene rings is 2. The molecule has 0 radical (unpaired) electrons. The van der Waals surface area contributed by atoms with Gasteiger partial charge in [0.25, 0.3) is 0 Å². The van der Waals surface area contributed by atoms with Crippen LogP contribution < -0.4 is 10.6 Å². The van der Waals surface area contributed by atoms with Gasteiger partial charge in [0, 0.05) is 28.3 Å². The minimum Gasteiger partial charge on any atom is -0.341 e. The second-order valence-corrected chi connectivity index (χ2v) is 7.99. The standard InChI is InChI=1S/C20H21Cl2N5O/c1-27-7-6-14(23-20(28)24-15-9-12(21)8-13(22)10-15)11-18(27)19-25-16-4-2-3-5-17(16)26-19/h2-5,8-10,14,18H,6-7,11H2,1H3,(H,25,26)(H2,23,24,28)/t14-,18-/m1/s1. The summed E-state index contributed by atoms with van der Waals surface area (Å²) in [6.45, 7) is 0.871. The third-order valence-corrected chi connectivity index (χ3v) is 5.49. The van der Waals surface area contributed by atoms with Gasteiger partial charge in [0.15, 0.2) is 0 Å². The molecule has 1 saturated heterocycles. The summed E-state index contributed by atoms with van der Waals surface area (Å²) in [6, 6.07) is 12.8. The lowest BCUT2D eigenvalue weighted by Gasteiger charge is -2.36. The number of para-hydroxylation sites is 2. The van der Waals surface area contributed by atoms with Crippen LogP contribution in [0.15, 0.2) is 42.5 Å². The SMILES string of the molecule is CN1CC[C@@H](NC(=O)Nc2cc(Cl)cc(Cl)c2)C[C@@H]1c1nc2ccccc2[nH]1. The summed E-state index contributed by atoms with van der Waals surface area (Å²) in [5.41, 5.74) is 2.55. The Labute approximate surface area is 173 Å². The zero-order chi connectivity index (χ0) is 19.7. The number of H-pyrrole nitrogens is 1. The van der Waals surface area contributed by atoms with Crippen molar-refractivity contribution in [1.82, 2.24) is 20.2 Å². The summed E-state index contributed by atoms with van der Waals surface area (Å²) < 4.78 is 0. The first kappa shape index (κ1) is 19.1. The Morgan fingerprint density at radius 2 is 1.96 bits per heavy atom. The molecule has 0 saturated carbocycles. The fraction of sp³-hybridized carbons (Fsp3) is 0.300. The van der Waals surface area contributed by atoms with Crippen LogP contribution >= 0.6 is 23.2 Å². The molecule has 146 valence electrons. The zero-order valence-corrected chi connectivity index (χ0v) is 16.9. The van der Waals surface area contributed by atoms with E-state index in [4.69, 9.17) is 28.2 Å². The number of halogens is 2. The van der Waals surface area contributed by atoms with Crippen LogP contribution in [0.4, 0.5) is 10.5 Å². The molecule has 0 unspecified atom stereocenters. The van der Waals surface area contributed by atoms with Gasteiger partial charge in [0.1, 0.15) is 5.82 Å². The highest BCUT2D eigenvalue weighted by Crippen LogP contribution is 2.29. The second kappa shape index (κ2) is 7.99. The van der Waals surface area contributed by atoms with Crippen LogP contribution in [0.1, 0.15) is 24.7 Å². The molecule has 2 heterocycles. The molecule has 0 spiro atoms. The van der Waals surface area contributed by atoms with Gasteiger partial charge in [-0.25, -0.2) is 9.78 Å². The lowest BCUT2D eigenvalue weighted by Crippen LogP contribution is -2.46. The van der Waals surface area contributed by atoms with E-state index in [-0.39, 0.29) is 18.1 Å². The van der Waals surface area contributed by atoms with E-state index in [9.17, 15) is 4.79 Å². The van der Waals surface area contributed by atoms with Crippen LogP contribution in [-0.4, -0.2) is 40.5 Å². The van der Waals surface area contributed by atoms with Gasteiger partial charge < -0.3 is 15.6 Å². The van der Waals surface area contributed by atoms with Crippen molar-refractivity contribution in [2.75, 3.05) is 18.9 Å². The molecule has 1 aliphatic heterocycles. The van der Waals surface area contributed by atoms with Crippen molar-refractivity contribution in [2.45, 2.75) is 24.9 Å². The Bertz CT molecular complexity index is 952. The summed E-state index contributed by atoms with van der Waals surface area (Å²) in [4.78, 5) is 22.8. The summed E-state index contributed by atoms with van der Waals surface area (Å²) in [6.07, 6.45) is 1.65. The fourth-order valence-corrected chi connectivity index (χ4v) is 4.17. The number of hydrogen-bond acceptors (Lipinski definition) is 3. The average molecular weight is 418 g/mol. The maximum atomic E-state index is 12.4. The molecule has 2 atom stereocenters. The van der Waals surface area contributed by atoms with E-state index in [0.717, 1.165) is 36.2 Å². The van der Waals surface area contributed by atoms with Crippen molar-refractivity contribution in [1.29, 1.82) is 0 Å². The van der Waals surface area contributed by atoms with E-state index in [2.05, 4.69) is 27.6 Å². The number of rotatable bonds is 3. The van der Waals surface area contributed by atoms with E-state index in [1.165, 1.54) is 0 Å². The molecule has 6 nitrogen and oxygen atoms in total. The molecule has 0 aliphatic carbocycles. The summed E-state index contributed by atoms with van der Waals surface area (Å²) in [5, 5.41) is 6.82. The van der Waals surface area contributed by atoms with Crippen molar-refractivity contribution in [2.24, 2.45) is 0 Å². The number of urea groups is 1. The average Bonchev–Trinajstić information content (AvgIpc) is 3.06. The summed E-state index contributed by atoms with van der Waals surface area (Å²) >= 11 is 12.0. The van der Waals surface area contributed by atoms with Crippen molar-refractivity contribution >= 4 is 46.0 Å². The molecule has 2 amide bonds. The molecule has 4 rings (SSSR count). The smallest absolute Gasteiger partial charge is 0.319 e. The Morgan fingerprint density at radius 3 is 2.71 bits per heavy atom. The van der Waals surface area contributed by atoms with Gasteiger partial charge in [-0.05, 0) is 50.2 Å². The van der Waals surface area contributed by atoms with Gasteiger partial charge in [0.2, 0.25) is 0 Å². The predicted molar refractivity (Wildman–Crippen MR) is 113 cm³/mol. The Balaban J connectivity index is 1.43. The molecule has 1 aromatic heterocycles. The van der Waals surface area contributed by atoms with E-state index >= 15 is 0 Å². The number of carbonyl (C=O) groups excluding carboxylic acids is 1. The maximum absolute atomic E-state index is 12.4. The van der Waals surface area contributed by atoms with E-state index in [1.807, 2.05) is 24.3 Å². The quantitative estimate of drug-likeness (QED) is 0.571. The highest BCUT2D eigenvalue weighted by molar-refractivity contribution is 6.35. The van der Waals surface area contributed by atoms with Crippen LogP contribution in [0.3, 0.4) is 0 Å². The molecule has 8 heteroatoms. The monoisotopic (exact) mass is 417 g/mol. The number of anilines is 1. The second-order valence-electron chi connectivity index (χ2n) is 7.11. The molecule has 28 heavy (non-hydrogen) atoms. The number of carbonyl (C=O) groups is 1. The van der Waals surface area contributed by atoms with E-state index < -0.39 is 0 Å². The minimum absolute atomic E-state index is 0.0454. The first-order valence-corrected chi connectivity index (χ1v) is 9.92. The highest BCUT2D eigenvalue weighted by atomic mass is 35.5.